The van der Waals surface area contributed by atoms with Crippen molar-refractivity contribution in [1.82, 2.24) is 20.6 Å². The van der Waals surface area contributed by atoms with Gasteiger partial charge in [0.2, 0.25) is 11.1 Å². The molecule has 0 fully saturated rings. The third kappa shape index (κ3) is 6.04. The van der Waals surface area contributed by atoms with Crippen molar-refractivity contribution in [3.63, 3.8) is 0 Å². The summed E-state index contributed by atoms with van der Waals surface area (Å²) in [5.74, 6) is 0.717. The quantitative estimate of drug-likeness (QED) is 0.154. The molecule has 0 saturated heterocycles. The average Bonchev–Trinajstić information content (AvgIpc) is 2.99. The standard InChI is InChI=1S/C39H52N4O2/c1-5-30-28-20-26(3)24-38(30,32-14-16-36(44)42-34(32)22-28)40-18-12-10-8-7-9-11-13-19-41-39-25-27(4)21-29(31(39)6-2)23-35-33(39)15-17-37(45)43-35/h5-6,14-17,20-21,28-29,40-41H,7-13,18-19,22-25H2,1-4H3,(H,42,44)(H,43,45)/b30-5+,31-6+/t28-,29-,38+,39+/m0/s1. The summed E-state index contributed by atoms with van der Waals surface area (Å²) in [5, 5.41) is 7.99. The fraction of sp³-hybridized carbons (Fsp3) is 0.538. The Morgan fingerprint density at radius 3 is 1.47 bits per heavy atom. The van der Waals surface area contributed by atoms with Crippen molar-refractivity contribution < 1.29 is 0 Å². The number of hydrogen-bond donors (Lipinski definition) is 4. The predicted molar refractivity (Wildman–Crippen MR) is 184 cm³/mol. The van der Waals surface area contributed by atoms with Gasteiger partial charge in [-0.05, 0) is 114 Å². The molecule has 0 saturated carbocycles. The molecule has 0 unspecified atom stereocenters. The second kappa shape index (κ2) is 13.3. The largest absolute Gasteiger partial charge is 0.326 e. The van der Waals surface area contributed by atoms with Gasteiger partial charge in [-0.25, -0.2) is 0 Å². The molecule has 0 spiro atoms. The maximum Gasteiger partial charge on any atom is 0.248 e. The second-order valence-corrected chi connectivity index (χ2v) is 14.1. The Kier molecular flexibility index (Phi) is 9.35. The number of rotatable bonds is 12. The first-order valence-electron chi connectivity index (χ1n) is 17.4. The summed E-state index contributed by atoms with van der Waals surface area (Å²) in [6, 6.07) is 7.51. The molecule has 2 heterocycles. The highest BCUT2D eigenvalue weighted by atomic mass is 16.1. The van der Waals surface area contributed by atoms with Gasteiger partial charge in [-0.1, -0.05) is 67.6 Å². The van der Waals surface area contributed by atoms with Crippen molar-refractivity contribution in [2.75, 3.05) is 13.1 Å². The average molecular weight is 609 g/mol. The molecule has 4 atom stereocenters. The molecule has 0 aromatic carbocycles. The number of H-pyrrole nitrogens is 2. The lowest BCUT2D eigenvalue weighted by atomic mass is 9.63. The molecule has 4 N–H and O–H groups in total. The third-order valence-electron chi connectivity index (χ3n) is 10.9. The fourth-order valence-corrected chi connectivity index (χ4v) is 9.27. The van der Waals surface area contributed by atoms with Crippen LogP contribution in [-0.4, -0.2) is 23.1 Å². The summed E-state index contributed by atoms with van der Waals surface area (Å²) < 4.78 is 0. The van der Waals surface area contributed by atoms with Crippen LogP contribution < -0.4 is 21.8 Å². The predicted octanol–water partition coefficient (Wildman–Crippen LogP) is 7.00. The minimum absolute atomic E-state index is 0.00335. The van der Waals surface area contributed by atoms with E-state index in [4.69, 9.17) is 0 Å². The first kappa shape index (κ1) is 31.7. The van der Waals surface area contributed by atoms with Gasteiger partial charge in [0.1, 0.15) is 0 Å². The number of pyridine rings is 2. The molecule has 2 aromatic rings. The summed E-state index contributed by atoms with van der Waals surface area (Å²) in [7, 11) is 0. The van der Waals surface area contributed by atoms with E-state index in [1.165, 1.54) is 65.5 Å². The molecule has 6 nitrogen and oxygen atoms in total. The zero-order chi connectivity index (χ0) is 31.6. The molecular weight excluding hydrogens is 556 g/mol. The number of aromatic nitrogens is 2. The highest BCUT2D eigenvalue weighted by molar-refractivity contribution is 5.50. The molecule has 4 aliphatic rings. The molecule has 45 heavy (non-hydrogen) atoms. The van der Waals surface area contributed by atoms with E-state index in [1.54, 1.807) is 12.1 Å². The Hall–Kier alpha value is -3.22. The van der Waals surface area contributed by atoms with Crippen LogP contribution in [0.4, 0.5) is 0 Å². The number of aromatic amines is 2. The topological polar surface area (TPSA) is 89.8 Å². The number of fused-ring (bicyclic) bond motifs is 8. The number of unbranched alkanes of at least 4 members (excludes halogenated alkanes) is 6. The van der Waals surface area contributed by atoms with Gasteiger partial charge in [0.15, 0.2) is 0 Å². The maximum absolute atomic E-state index is 12.1. The Balaban J connectivity index is 0.961. The lowest BCUT2D eigenvalue weighted by Gasteiger charge is -2.48. The normalized spacial score (nSPS) is 28.4. The van der Waals surface area contributed by atoms with Crippen LogP contribution in [0.3, 0.4) is 0 Å². The molecule has 0 aliphatic heterocycles. The molecular formula is C39H52N4O2. The highest BCUT2D eigenvalue weighted by Crippen LogP contribution is 2.50. The molecule has 0 radical (unpaired) electrons. The Labute approximate surface area is 268 Å². The molecule has 4 aliphatic carbocycles. The second-order valence-electron chi connectivity index (χ2n) is 14.1. The zero-order valence-electron chi connectivity index (χ0n) is 27.8. The summed E-state index contributed by atoms with van der Waals surface area (Å²) in [6.45, 7) is 10.8. The van der Waals surface area contributed by atoms with Gasteiger partial charge in [0.05, 0.1) is 11.1 Å². The van der Waals surface area contributed by atoms with Crippen LogP contribution in [0.1, 0.15) is 108 Å². The molecule has 240 valence electrons. The lowest BCUT2D eigenvalue weighted by Crippen LogP contribution is -2.52. The van der Waals surface area contributed by atoms with E-state index in [1.807, 2.05) is 0 Å². The number of nitrogens with one attached hydrogen (secondary N) is 4. The fourth-order valence-electron chi connectivity index (χ4n) is 9.27. The van der Waals surface area contributed by atoms with Crippen molar-refractivity contribution in [2.45, 2.75) is 109 Å². The van der Waals surface area contributed by atoms with Gasteiger partial charge in [0.25, 0.3) is 0 Å². The third-order valence-corrected chi connectivity index (χ3v) is 10.9. The molecule has 2 aromatic heterocycles. The number of hydrogen-bond acceptors (Lipinski definition) is 4. The van der Waals surface area contributed by atoms with Crippen LogP contribution in [0.15, 0.2) is 80.5 Å². The molecule has 6 rings (SSSR count). The van der Waals surface area contributed by atoms with E-state index in [2.05, 4.69) is 84.7 Å². The van der Waals surface area contributed by atoms with Crippen molar-refractivity contribution in [3.8, 4) is 0 Å². The Morgan fingerprint density at radius 1 is 0.667 bits per heavy atom. The SMILES string of the molecule is C/C=C1\[C@H]2C=C(C)C[C@]1(NCCCCCCCCCN[C@@]13CC(C)=C[C@@H](Cc4[nH]c(=O)ccc41)/C3=C\C)c1ccc(=O)[nH]c1C2. The van der Waals surface area contributed by atoms with Gasteiger partial charge < -0.3 is 20.6 Å². The summed E-state index contributed by atoms with van der Waals surface area (Å²) in [6.07, 6.45) is 21.7. The lowest BCUT2D eigenvalue weighted by molar-refractivity contribution is 0.318. The van der Waals surface area contributed by atoms with Crippen LogP contribution in [-0.2, 0) is 23.9 Å². The molecule has 6 heteroatoms. The molecule has 4 bridgehead atoms. The van der Waals surface area contributed by atoms with E-state index in [0.717, 1.165) is 63.0 Å². The van der Waals surface area contributed by atoms with Crippen LogP contribution in [0.5, 0.6) is 0 Å². The van der Waals surface area contributed by atoms with Crippen molar-refractivity contribution in [2.24, 2.45) is 11.8 Å². The van der Waals surface area contributed by atoms with E-state index >= 15 is 0 Å². The van der Waals surface area contributed by atoms with Gasteiger partial charge >= 0.3 is 0 Å². The Bertz CT molecular complexity index is 1530. The van der Waals surface area contributed by atoms with Gasteiger partial charge in [0, 0.05) is 35.4 Å². The minimum Gasteiger partial charge on any atom is -0.326 e. The molecule has 0 amide bonds. The van der Waals surface area contributed by atoms with Crippen molar-refractivity contribution in [3.05, 3.63) is 114 Å². The van der Waals surface area contributed by atoms with Gasteiger partial charge in [-0.2, -0.15) is 0 Å². The van der Waals surface area contributed by atoms with Crippen molar-refractivity contribution in [1.29, 1.82) is 0 Å². The van der Waals surface area contributed by atoms with E-state index in [9.17, 15) is 9.59 Å². The zero-order valence-corrected chi connectivity index (χ0v) is 27.8. The van der Waals surface area contributed by atoms with Crippen LogP contribution in [0.2, 0.25) is 0 Å². The van der Waals surface area contributed by atoms with Crippen LogP contribution in [0.25, 0.3) is 0 Å². The minimum atomic E-state index is -0.198. The van der Waals surface area contributed by atoms with Gasteiger partial charge in [-0.3, -0.25) is 9.59 Å². The van der Waals surface area contributed by atoms with E-state index in [-0.39, 0.29) is 22.2 Å². The van der Waals surface area contributed by atoms with Gasteiger partial charge in [-0.15, -0.1) is 0 Å². The van der Waals surface area contributed by atoms with Crippen LogP contribution in [0, 0.1) is 11.8 Å². The van der Waals surface area contributed by atoms with Crippen LogP contribution >= 0.6 is 0 Å². The van der Waals surface area contributed by atoms with E-state index in [0.29, 0.717) is 11.8 Å². The number of allylic oxidation sites excluding steroid dienone is 4. The monoisotopic (exact) mass is 608 g/mol. The van der Waals surface area contributed by atoms with E-state index < -0.39 is 0 Å². The summed E-state index contributed by atoms with van der Waals surface area (Å²) in [5.41, 5.74) is 10.1. The van der Waals surface area contributed by atoms with Crippen molar-refractivity contribution >= 4 is 0 Å². The maximum atomic E-state index is 12.1. The first-order valence-corrected chi connectivity index (χ1v) is 17.4. The smallest absolute Gasteiger partial charge is 0.248 e. The summed E-state index contributed by atoms with van der Waals surface area (Å²) in [4.78, 5) is 30.5. The Morgan fingerprint density at radius 2 is 1.07 bits per heavy atom. The first-order chi connectivity index (χ1) is 21.8. The highest BCUT2D eigenvalue weighted by Gasteiger charge is 2.47. The summed E-state index contributed by atoms with van der Waals surface area (Å²) >= 11 is 0.